The highest BCUT2D eigenvalue weighted by atomic mass is 19.4. The molecule has 0 aromatic heterocycles. The molecule has 1 aliphatic rings. The van der Waals surface area contributed by atoms with Crippen LogP contribution < -0.4 is 0 Å². The molecule has 1 aliphatic carbocycles. The van der Waals surface area contributed by atoms with Crippen LogP contribution in [0.5, 0.6) is 0 Å². The lowest BCUT2D eigenvalue weighted by atomic mass is 9.92. The van der Waals surface area contributed by atoms with E-state index >= 15 is 0 Å². The standard InChI is InChI=1S/C15H19F3O/c1-2-10-6-7-12(8-10)14(19)11-4-3-5-13(9-11)15(16,17)18/h3-5,9-10,12,14,19H,2,6-8H2,1H3. The molecule has 3 unspecified atom stereocenters. The summed E-state index contributed by atoms with van der Waals surface area (Å²) in [7, 11) is 0. The average molecular weight is 272 g/mol. The van der Waals surface area contributed by atoms with E-state index in [1.807, 2.05) is 0 Å². The van der Waals surface area contributed by atoms with Gasteiger partial charge in [0.1, 0.15) is 0 Å². The van der Waals surface area contributed by atoms with E-state index in [9.17, 15) is 18.3 Å². The summed E-state index contributed by atoms with van der Waals surface area (Å²) in [4.78, 5) is 0. The van der Waals surface area contributed by atoms with Crippen LogP contribution in [0.3, 0.4) is 0 Å². The molecule has 0 aliphatic heterocycles. The molecule has 0 amide bonds. The summed E-state index contributed by atoms with van der Waals surface area (Å²) in [5.74, 6) is 0.693. The SMILES string of the molecule is CCC1CCC(C(O)c2cccc(C(F)(F)F)c2)C1. The fourth-order valence-electron chi connectivity index (χ4n) is 2.94. The van der Waals surface area contributed by atoms with Gasteiger partial charge in [-0.2, -0.15) is 13.2 Å². The molecular formula is C15H19F3O. The van der Waals surface area contributed by atoms with Crippen LogP contribution in [-0.2, 0) is 6.18 Å². The molecule has 0 heterocycles. The van der Waals surface area contributed by atoms with Crippen molar-refractivity contribution < 1.29 is 18.3 Å². The van der Waals surface area contributed by atoms with Gasteiger partial charge in [-0.3, -0.25) is 0 Å². The van der Waals surface area contributed by atoms with Crippen LogP contribution in [0.2, 0.25) is 0 Å². The zero-order valence-corrected chi connectivity index (χ0v) is 11.0. The van der Waals surface area contributed by atoms with Crippen LogP contribution in [0.4, 0.5) is 13.2 Å². The van der Waals surface area contributed by atoms with Gasteiger partial charge in [0.25, 0.3) is 0 Å². The second-order valence-electron chi connectivity index (χ2n) is 5.42. The van der Waals surface area contributed by atoms with Crippen molar-refractivity contribution in [3.8, 4) is 0 Å². The minimum atomic E-state index is -4.35. The van der Waals surface area contributed by atoms with Crippen LogP contribution in [0.15, 0.2) is 24.3 Å². The monoisotopic (exact) mass is 272 g/mol. The molecular weight excluding hydrogens is 253 g/mol. The van der Waals surface area contributed by atoms with E-state index in [0.717, 1.165) is 37.8 Å². The highest BCUT2D eigenvalue weighted by molar-refractivity contribution is 5.27. The Balaban J connectivity index is 2.13. The molecule has 4 heteroatoms. The maximum Gasteiger partial charge on any atom is 0.416 e. The van der Waals surface area contributed by atoms with Crippen molar-refractivity contribution in [1.29, 1.82) is 0 Å². The van der Waals surface area contributed by atoms with E-state index in [2.05, 4.69) is 6.92 Å². The second kappa shape index (κ2) is 5.53. The fraction of sp³-hybridized carbons (Fsp3) is 0.600. The molecule has 2 rings (SSSR count). The van der Waals surface area contributed by atoms with E-state index in [0.29, 0.717) is 11.5 Å². The second-order valence-corrected chi connectivity index (χ2v) is 5.42. The number of alkyl halides is 3. The van der Waals surface area contributed by atoms with Crippen LogP contribution in [-0.4, -0.2) is 5.11 Å². The third kappa shape index (κ3) is 3.30. The molecule has 0 saturated heterocycles. The van der Waals surface area contributed by atoms with Gasteiger partial charge in [-0.1, -0.05) is 31.9 Å². The van der Waals surface area contributed by atoms with Gasteiger partial charge in [-0.15, -0.1) is 0 Å². The summed E-state index contributed by atoms with van der Waals surface area (Å²) in [6, 6.07) is 5.07. The Morgan fingerprint density at radius 3 is 2.63 bits per heavy atom. The van der Waals surface area contributed by atoms with E-state index < -0.39 is 17.8 Å². The van der Waals surface area contributed by atoms with Crippen molar-refractivity contribution in [3.63, 3.8) is 0 Å². The number of aliphatic hydroxyl groups excluding tert-OH is 1. The normalized spacial score (nSPS) is 25.5. The summed E-state index contributed by atoms with van der Waals surface area (Å²) in [6.07, 6.45) is -1.18. The number of halogens is 3. The van der Waals surface area contributed by atoms with Crippen molar-refractivity contribution in [2.24, 2.45) is 11.8 Å². The third-order valence-corrected chi connectivity index (χ3v) is 4.16. The molecule has 1 aromatic rings. The number of hydrogen-bond acceptors (Lipinski definition) is 1. The van der Waals surface area contributed by atoms with Gasteiger partial charge in [0.15, 0.2) is 0 Å². The molecule has 1 nitrogen and oxygen atoms in total. The van der Waals surface area contributed by atoms with Gasteiger partial charge >= 0.3 is 6.18 Å². The van der Waals surface area contributed by atoms with E-state index in [1.54, 1.807) is 6.07 Å². The summed E-state index contributed by atoms with van der Waals surface area (Å²) >= 11 is 0. The maximum absolute atomic E-state index is 12.6. The molecule has 106 valence electrons. The summed E-state index contributed by atoms with van der Waals surface area (Å²) in [5, 5.41) is 10.3. The van der Waals surface area contributed by atoms with E-state index in [-0.39, 0.29) is 5.92 Å². The minimum Gasteiger partial charge on any atom is -0.388 e. The lowest BCUT2D eigenvalue weighted by molar-refractivity contribution is -0.137. The zero-order chi connectivity index (χ0) is 14.0. The van der Waals surface area contributed by atoms with Crippen molar-refractivity contribution in [2.75, 3.05) is 0 Å². The predicted octanol–water partition coefficient (Wildman–Crippen LogP) is 4.57. The van der Waals surface area contributed by atoms with Gasteiger partial charge < -0.3 is 5.11 Å². The average Bonchev–Trinajstić information content (AvgIpc) is 2.86. The lowest BCUT2D eigenvalue weighted by Crippen LogP contribution is -2.12. The highest BCUT2D eigenvalue weighted by Gasteiger charge is 2.33. The Morgan fingerprint density at radius 2 is 2.05 bits per heavy atom. The number of benzene rings is 1. The van der Waals surface area contributed by atoms with Gasteiger partial charge in [0.2, 0.25) is 0 Å². The molecule has 0 radical (unpaired) electrons. The highest BCUT2D eigenvalue weighted by Crippen LogP contribution is 2.41. The first-order valence-corrected chi connectivity index (χ1v) is 6.77. The molecule has 1 fully saturated rings. The van der Waals surface area contributed by atoms with Crippen molar-refractivity contribution in [3.05, 3.63) is 35.4 Å². The van der Waals surface area contributed by atoms with Crippen molar-refractivity contribution in [2.45, 2.75) is 44.9 Å². The topological polar surface area (TPSA) is 20.2 Å². The van der Waals surface area contributed by atoms with Gasteiger partial charge in [-0.25, -0.2) is 0 Å². The Morgan fingerprint density at radius 1 is 1.32 bits per heavy atom. The summed E-state index contributed by atoms with van der Waals surface area (Å²) in [5.41, 5.74) is -0.300. The predicted molar refractivity (Wildman–Crippen MR) is 67.5 cm³/mol. The molecule has 0 bridgehead atoms. The van der Waals surface area contributed by atoms with Crippen LogP contribution >= 0.6 is 0 Å². The van der Waals surface area contributed by atoms with Gasteiger partial charge in [0.05, 0.1) is 11.7 Å². The summed E-state index contributed by atoms with van der Waals surface area (Å²) in [6.45, 7) is 2.11. The molecule has 19 heavy (non-hydrogen) atoms. The third-order valence-electron chi connectivity index (χ3n) is 4.16. The van der Waals surface area contributed by atoms with Crippen LogP contribution in [0, 0.1) is 11.8 Å². The smallest absolute Gasteiger partial charge is 0.388 e. The number of aliphatic hydroxyl groups is 1. The van der Waals surface area contributed by atoms with E-state index in [1.165, 1.54) is 6.07 Å². The number of hydrogen-bond donors (Lipinski definition) is 1. The first kappa shape index (κ1) is 14.4. The molecule has 1 N–H and O–H groups in total. The Hall–Kier alpha value is -1.03. The first-order valence-electron chi connectivity index (χ1n) is 6.77. The minimum absolute atomic E-state index is 0.0911. The quantitative estimate of drug-likeness (QED) is 0.854. The molecule has 1 aromatic carbocycles. The molecule has 1 saturated carbocycles. The van der Waals surface area contributed by atoms with Gasteiger partial charge in [0, 0.05) is 0 Å². The number of rotatable bonds is 3. The Kier molecular flexibility index (Phi) is 4.19. The first-order chi connectivity index (χ1) is 8.91. The maximum atomic E-state index is 12.6. The largest absolute Gasteiger partial charge is 0.416 e. The van der Waals surface area contributed by atoms with Crippen LogP contribution in [0.1, 0.15) is 49.8 Å². The Labute approximate surface area is 111 Å². The molecule has 3 atom stereocenters. The van der Waals surface area contributed by atoms with Crippen molar-refractivity contribution in [1.82, 2.24) is 0 Å². The van der Waals surface area contributed by atoms with Crippen LogP contribution in [0.25, 0.3) is 0 Å². The lowest BCUT2D eigenvalue weighted by Gasteiger charge is -2.19. The summed E-state index contributed by atoms with van der Waals surface area (Å²) < 4.78 is 37.9. The molecule has 0 spiro atoms. The zero-order valence-electron chi connectivity index (χ0n) is 11.0. The van der Waals surface area contributed by atoms with Gasteiger partial charge in [-0.05, 0) is 42.4 Å². The van der Waals surface area contributed by atoms with Crippen molar-refractivity contribution >= 4 is 0 Å². The Bertz CT molecular complexity index is 428. The van der Waals surface area contributed by atoms with E-state index in [4.69, 9.17) is 0 Å². The fourth-order valence-corrected chi connectivity index (χ4v) is 2.94.